The zero-order chi connectivity index (χ0) is 24.9. The highest BCUT2D eigenvalue weighted by atomic mass is 19.1. The van der Waals surface area contributed by atoms with Crippen molar-refractivity contribution in [3.8, 4) is 5.75 Å². The molecule has 0 aromatic heterocycles. The first-order valence-electron chi connectivity index (χ1n) is 11.7. The second-order valence-electron chi connectivity index (χ2n) is 8.48. The van der Waals surface area contributed by atoms with E-state index in [-0.39, 0.29) is 18.5 Å². The first kappa shape index (κ1) is 24.5. The third-order valence-corrected chi connectivity index (χ3v) is 6.46. The van der Waals surface area contributed by atoms with Crippen LogP contribution in [0.25, 0.3) is 0 Å². The number of ether oxygens (including phenoxy) is 2. The molecule has 8 nitrogen and oxygen atoms in total. The average Bonchev–Trinajstić information content (AvgIpc) is 2.87. The molecule has 0 spiro atoms. The lowest BCUT2D eigenvalue weighted by Crippen LogP contribution is -2.52. The topological polar surface area (TPSA) is 74.4 Å². The standard InChI is InChI=1S/C26H31FN4O4/c1-4-35-25(32)23-21(17-30-13-15-31(16-14-30)20-11-7-6-10-19(20)27)29(2)26(33)28-24(23)18-9-5-8-12-22(18)34-3/h5-12,24H,4,13-17H2,1-3H3,(H,28,33). The van der Waals surface area contributed by atoms with Crippen LogP contribution in [0.5, 0.6) is 5.75 Å². The first-order chi connectivity index (χ1) is 16.9. The molecule has 1 unspecified atom stereocenters. The minimum absolute atomic E-state index is 0.216. The molecule has 186 valence electrons. The molecule has 2 aliphatic heterocycles. The van der Waals surface area contributed by atoms with Gasteiger partial charge in [-0.05, 0) is 25.1 Å². The first-order valence-corrected chi connectivity index (χ1v) is 11.7. The highest BCUT2D eigenvalue weighted by molar-refractivity contribution is 5.95. The number of para-hydroxylation sites is 2. The lowest BCUT2D eigenvalue weighted by Gasteiger charge is -2.40. The minimum atomic E-state index is -0.705. The van der Waals surface area contributed by atoms with E-state index in [0.717, 1.165) is 0 Å². The van der Waals surface area contributed by atoms with Crippen LogP contribution in [0.2, 0.25) is 0 Å². The van der Waals surface area contributed by atoms with Crippen LogP contribution in [0.3, 0.4) is 0 Å². The number of rotatable bonds is 7. The molecule has 1 saturated heterocycles. The molecular formula is C26H31FN4O4. The average molecular weight is 483 g/mol. The van der Waals surface area contributed by atoms with Crippen molar-refractivity contribution in [3.05, 3.63) is 71.2 Å². The molecule has 2 aromatic rings. The summed E-state index contributed by atoms with van der Waals surface area (Å²) in [6.07, 6.45) is 0. The quantitative estimate of drug-likeness (QED) is 0.612. The third kappa shape index (κ3) is 5.09. The van der Waals surface area contributed by atoms with Crippen LogP contribution in [0.4, 0.5) is 14.9 Å². The van der Waals surface area contributed by atoms with Crippen molar-refractivity contribution in [2.24, 2.45) is 0 Å². The number of likely N-dealkylation sites (N-methyl/N-ethyl adjacent to an activating group) is 1. The van der Waals surface area contributed by atoms with Crippen molar-refractivity contribution in [3.63, 3.8) is 0 Å². The molecule has 2 aromatic carbocycles. The van der Waals surface area contributed by atoms with Gasteiger partial charge in [0.1, 0.15) is 11.6 Å². The molecule has 2 heterocycles. The van der Waals surface area contributed by atoms with Gasteiger partial charge in [-0.3, -0.25) is 9.80 Å². The van der Waals surface area contributed by atoms with E-state index in [0.29, 0.717) is 61.0 Å². The fourth-order valence-electron chi connectivity index (χ4n) is 4.60. The van der Waals surface area contributed by atoms with E-state index in [1.807, 2.05) is 29.2 Å². The summed E-state index contributed by atoms with van der Waals surface area (Å²) >= 11 is 0. The number of hydrogen-bond acceptors (Lipinski definition) is 6. The number of halogens is 1. The van der Waals surface area contributed by atoms with Gasteiger partial charge in [-0.2, -0.15) is 0 Å². The Hall–Kier alpha value is -3.59. The van der Waals surface area contributed by atoms with Crippen LogP contribution in [-0.2, 0) is 9.53 Å². The Bertz CT molecular complexity index is 1110. The van der Waals surface area contributed by atoms with E-state index in [4.69, 9.17) is 9.47 Å². The number of anilines is 1. The van der Waals surface area contributed by atoms with Crippen LogP contribution in [0, 0.1) is 5.82 Å². The molecule has 0 bridgehead atoms. The van der Waals surface area contributed by atoms with Crippen molar-refractivity contribution >= 4 is 17.7 Å². The second-order valence-corrected chi connectivity index (χ2v) is 8.48. The highest BCUT2D eigenvalue weighted by Gasteiger charge is 2.38. The highest BCUT2D eigenvalue weighted by Crippen LogP contribution is 2.36. The summed E-state index contributed by atoms with van der Waals surface area (Å²) in [6, 6.07) is 13.0. The molecule has 0 saturated carbocycles. The number of nitrogens with one attached hydrogen (secondary N) is 1. The molecule has 0 aliphatic carbocycles. The second kappa shape index (κ2) is 10.8. The summed E-state index contributed by atoms with van der Waals surface area (Å²) in [5.74, 6) is -0.145. The van der Waals surface area contributed by atoms with Gasteiger partial charge in [-0.1, -0.05) is 30.3 Å². The van der Waals surface area contributed by atoms with E-state index >= 15 is 0 Å². The van der Waals surface area contributed by atoms with Crippen molar-refractivity contribution < 1.29 is 23.5 Å². The van der Waals surface area contributed by atoms with Gasteiger partial charge in [0.15, 0.2) is 0 Å². The number of carbonyl (C=O) groups excluding carboxylic acids is 2. The maximum atomic E-state index is 14.2. The number of hydrogen-bond donors (Lipinski definition) is 1. The summed E-state index contributed by atoms with van der Waals surface area (Å²) in [4.78, 5) is 31.8. The maximum absolute atomic E-state index is 14.2. The van der Waals surface area contributed by atoms with Gasteiger partial charge in [0.2, 0.25) is 0 Å². The van der Waals surface area contributed by atoms with Crippen LogP contribution >= 0.6 is 0 Å². The Morgan fingerprint density at radius 2 is 1.77 bits per heavy atom. The van der Waals surface area contributed by atoms with Gasteiger partial charge in [-0.25, -0.2) is 14.0 Å². The van der Waals surface area contributed by atoms with Gasteiger partial charge >= 0.3 is 12.0 Å². The number of benzene rings is 2. The SMILES string of the molecule is CCOC(=O)C1=C(CN2CCN(c3ccccc3F)CC2)N(C)C(=O)NC1c1ccccc1OC. The smallest absolute Gasteiger partial charge is 0.338 e. The van der Waals surface area contributed by atoms with Gasteiger partial charge in [0, 0.05) is 51.0 Å². The summed E-state index contributed by atoms with van der Waals surface area (Å²) < 4.78 is 25.2. The number of esters is 1. The summed E-state index contributed by atoms with van der Waals surface area (Å²) in [7, 11) is 3.21. The van der Waals surface area contributed by atoms with Crippen LogP contribution < -0.4 is 15.0 Å². The molecule has 1 atom stereocenters. The predicted octanol–water partition coefficient (Wildman–Crippen LogP) is 3.17. The Morgan fingerprint density at radius 3 is 2.46 bits per heavy atom. The zero-order valence-electron chi connectivity index (χ0n) is 20.3. The molecule has 0 radical (unpaired) electrons. The van der Waals surface area contributed by atoms with Crippen LogP contribution in [0.1, 0.15) is 18.5 Å². The predicted molar refractivity (Wildman–Crippen MR) is 131 cm³/mol. The molecule has 2 aliphatic rings. The molecular weight excluding hydrogens is 451 g/mol. The maximum Gasteiger partial charge on any atom is 0.338 e. The molecule has 4 rings (SSSR count). The number of amides is 2. The number of piperazine rings is 1. The zero-order valence-corrected chi connectivity index (χ0v) is 20.3. The minimum Gasteiger partial charge on any atom is -0.496 e. The fraction of sp³-hybridized carbons (Fsp3) is 0.385. The summed E-state index contributed by atoms with van der Waals surface area (Å²) in [6.45, 7) is 4.93. The molecule has 2 amide bonds. The van der Waals surface area contributed by atoms with Crippen molar-refractivity contribution in [1.82, 2.24) is 15.1 Å². The number of urea groups is 1. The van der Waals surface area contributed by atoms with Gasteiger partial charge in [0.05, 0.1) is 31.0 Å². The molecule has 35 heavy (non-hydrogen) atoms. The van der Waals surface area contributed by atoms with Crippen molar-refractivity contribution in [2.75, 3.05) is 58.4 Å². The van der Waals surface area contributed by atoms with E-state index in [1.165, 1.54) is 11.0 Å². The molecule has 9 heteroatoms. The van der Waals surface area contributed by atoms with Crippen molar-refractivity contribution in [2.45, 2.75) is 13.0 Å². The van der Waals surface area contributed by atoms with Gasteiger partial charge < -0.3 is 19.7 Å². The Labute approximate surface area is 204 Å². The Morgan fingerprint density at radius 1 is 1.09 bits per heavy atom. The number of methoxy groups -OCH3 is 1. The monoisotopic (exact) mass is 482 g/mol. The fourth-order valence-corrected chi connectivity index (χ4v) is 4.60. The van der Waals surface area contributed by atoms with E-state index in [1.54, 1.807) is 39.3 Å². The molecule has 1 N–H and O–H groups in total. The lowest BCUT2D eigenvalue weighted by atomic mass is 9.93. The van der Waals surface area contributed by atoms with Gasteiger partial charge in [-0.15, -0.1) is 0 Å². The van der Waals surface area contributed by atoms with Crippen molar-refractivity contribution in [1.29, 1.82) is 0 Å². The number of carbonyl (C=O) groups is 2. The van der Waals surface area contributed by atoms with E-state index in [2.05, 4.69) is 10.2 Å². The lowest BCUT2D eigenvalue weighted by molar-refractivity contribution is -0.139. The molecule has 1 fully saturated rings. The largest absolute Gasteiger partial charge is 0.496 e. The third-order valence-electron chi connectivity index (χ3n) is 6.46. The van der Waals surface area contributed by atoms with Crippen LogP contribution in [-0.4, -0.2) is 75.3 Å². The Balaban J connectivity index is 1.63. The number of nitrogens with zero attached hydrogens (tertiary/aromatic N) is 3. The van der Waals surface area contributed by atoms with Gasteiger partial charge in [0.25, 0.3) is 0 Å². The van der Waals surface area contributed by atoms with E-state index < -0.39 is 12.0 Å². The normalized spacial score (nSPS) is 19.0. The Kier molecular flexibility index (Phi) is 7.55. The van der Waals surface area contributed by atoms with Crippen LogP contribution in [0.15, 0.2) is 59.8 Å². The van der Waals surface area contributed by atoms with E-state index in [9.17, 15) is 14.0 Å². The summed E-state index contributed by atoms with van der Waals surface area (Å²) in [5.41, 5.74) is 2.24. The summed E-state index contributed by atoms with van der Waals surface area (Å²) in [5, 5.41) is 2.93.